The van der Waals surface area contributed by atoms with Gasteiger partial charge in [0.15, 0.2) is 0 Å². The molecule has 0 atom stereocenters. The lowest BCUT2D eigenvalue weighted by molar-refractivity contribution is -0.137. The van der Waals surface area contributed by atoms with Gasteiger partial charge in [0, 0.05) is 13.1 Å². The van der Waals surface area contributed by atoms with E-state index in [1.165, 1.54) is 0 Å². The van der Waals surface area contributed by atoms with Crippen molar-refractivity contribution in [2.45, 2.75) is 32.6 Å². The number of carbonyl (C=O) groups is 2. The monoisotopic (exact) mass is 297 g/mol. The summed E-state index contributed by atoms with van der Waals surface area (Å²) < 4.78 is 0. The van der Waals surface area contributed by atoms with Crippen molar-refractivity contribution in [3.63, 3.8) is 0 Å². The third-order valence-corrected chi connectivity index (χ3v) is 3.35. The second-order valence-corrected chi connectivity index (χ2v) is 5.03. The highest BCUT2D eigenvalue weighted by atomic mass is 35.5. The van der Waals surface area contributed by atoms with Crippen molar-refractivity contribution in [3.8, 4) is 0 Å². The summed E-state index contributed by atoms with van der Waals surface area (Å²) in [7, 11) is 0. The molecule has 0 saturated carbocycles. The average molecular weight is 298 g/mol. The number of benzene rings is 1. The first-order valence-corrected chi connectivity index (χ1v) is 7.19. The molecule has 0 aliphatic carbocycles. The van der Waals surface area contributed by atoms with Crippen molar-refractivity contribution in [2.24, 2.45) is 0 Å². The van der Waals surface area contributed by atoms with Gasteiger partial charge in [0.25, 0.3) is 5.91 Å². The Morgan fingerprint density at radius 2 is 1.90 bits per heavy atom. The molecule has 1 rings (SSSR count). The number of halogens is 1. The summed E-state index contributed by atoms with van der Waals surface area (Å²) in [5, 5.41) is 9.17. The maximum Gasteiger partial charge on any atom is 0.305 e. The molecule has 0 aliphatic rings. The molecule has 0 heterocycles. The van der Waals surface area contributed by atoms with E-state index in [1.54, 1.807) is 29.2 Å². The SMILES string of the molecule is CCCCCN(CCC(=O)O)C(=O)c1ccccc1Cl. The topological polar surface area (TPSA) is 57.6 Å². The molecule has 5 heteroatoms. The van der Waals surface area contributed by atoms with Gasteiger partial charge in [-0.25, -0.2) is 0 Å². The lowest BCUT2D eigenvalue weighted by atomic mass is 10.1. The van der Waals surface area contributed by atoms with E-state index in [9.17, 15) is 9.59 Å². The summed E-state index contributed by atoms with van der Waals surface area (Å²) in [6.07, 6.45) is 2.88. The first kappa shape index (κ1) is 16.5. The second kappa shape index (κ2) is 8.59. The second-order valence-electron chi connectivity index (χ2n) is 4.62. The van der Waals surface area contributed by atoms with Crippen LogP contribution in [-0.4, -0.2) is 35.0 Å². The molecule has 1 aromatic carbocycles. The van der Waals surface area contributed by atoms with Crippen LogP contribution in [0.1, 0.15) is 43.0 Å². The molecule has 0 unspecified atom stereocenters. The normalized spacial score (nSPS) is 10.3. The Kier molecular flexibility index (Phi) is 7.09. The molecule has 0 fully saturated rings. The molecule has 110 valence electrons. The Morgan fingerprint density at radius 3 is 2.50 bits per heavy atom. The molecule has 0 spiro atoms. The van der Waals surface area contributed by atoms with Crippen molar-refractivity contribution in [1.29, 1.82) is 0 Å². The van der Waals surface area contributed by atoms with Crippen LogP contribution in [0.25, 0.3) is 0 Å². The predicted molar refractivity (Wildman–Crippen MR) is 79.1 cm³/mol. The van der Waals surface area contributed by atoms with E-state index >= 15 is 0 Å². The molecule has 1 amide bonds. The standard InChI is InChI=1S/C15H20ClNO3/c1-2-3-6-10-17(11-9-14(18)19)15(20)12-7-4-5-8-13(12)16/h4-5,7-8H,2-3,6,9-11H2,1H3,(H,18,19). The summed E-state index contributed by atoms with van der Waals surface area (Å²) in [6.45, 7) is 2.85. The zero-order valence-corrected chi connectivity index (χ0v) is 12.4. The van der Waals surface area contributed by atoms with Crippen molar-refractivity contribution in [2.75, 3.05) is 13.1 Å². The summed E-state index contributed by atoms with van der Waals surface area (Å²) in [4.78, 5) is 24.7. The van der Waals surface area contributed by atoms with Crippen molar-refractivity contribution in [1.82, 2.24) is 4.90 Å². The van der Waals surface area contributed by atoms with Crippen LogP contribution in [0.4, 0.5) is 0 Å². The van der Waals surface area contributed by atoms with Crippen LogP contribution in [0.3, 0.4) is 0 Å². The fraction of sp³-hybridized carbons (Fsp3) is 0.467. The Morgan fingerprint density at radius 1 is 1.20 bits per heavy atom. The van der Waals surface area contributed by atoms with E-state index in [2.05, 4.69) is 6.92 Å². The average Bonchev–Trinajstić information content (AvgIpc) is 2.42. The Hall–Kier alpha value is -1.55. The number of hydrogen-bond acceptors (Lipinski definition) is 2. The zero-order chi connectivity index (χ0) is 15.0. The minimum atomic E-state index is -0.905. The van der Waals surface area contributed by atoms with Gasteiger partial charge < -0.3 is 10.0 Å². The third kappa shape index (κ3) is 5.21. The van der Waals surface area contributed by atoms with E-state index in [0.29, 0.717) is 17.1 Å². The summed E-state index contributed by atoms with van der Waals surface area (Å²) in [5.74, 6) is -1.11. The van der Waals surface area contributed by atoms with E-state index < -0.39 is 5.97 Å². The highest BCUT2D eigenvalue weighted by Gasteiger charge is 2.18. The van der Waals surface area contributed by atoms with Crippen LogP contribution >= 0.6 is 11.6 Å². The van der Waals surface area contributed by atoms with Crippen LogP contribution in [0.5, 0.6) is 0 Å². The molecule has 0 aromatic heterocycles. The van der Waals surface area contributed by atoms with Gasteiger partial charge >= 0.3 is 5.97 Å². The molecule has 0 saturated heterocycles. The molecule has 4 nitrogen and oxygen atoms in total. The van der Waals surface area contributed by atoms with E-state index in [4.69, 9.17) is 16.7 Å². The molecule has 20 heavy (non-hydrogen) atoms. The smallest absolute Gasteiger partial charge is 0.305 e. The highest BCUT2D eigenvalue weighted by Crippen LogP contribution is 2.17. The summed E-state index contributed by atoms with van der Waals surface area (Å²) >= 11 is 6.02. The fourth-order valence-corrected chi connectivity index (χ4v) is 2.12. The number of aliphatic carboxylic acids is 1. The zero-order valence-electron chi connectivity index (χ0n) is 11.6. The number of rotatable bonds is 8. The number of hydrogen-bond donors (Lipinski definition) is 1. The van der Waals surface area contributed by atoms with Gasteiger partial charge in [-0.2, -0.15) is 0 Å². The molecule has 1 N–H and O–H groups in total. The number of carbonyl (C=O) groups excluding carboxylic acids is 1. The number of carboxylic acids is 1. The van der Waals surface area contributed by atoms with Crippen LogP contribution in [0.15, 0.2) is 24.3 Å². The lowest BCUT2D eigenvalue weighted by Gasteiger charge is -2.22. The van der Waals surface area contributed by atoms with E-state index in [-0.39, 0.29) is 18.9 Å². The Labute approximate surface area is 124 Å². The minimum Gasteiger partial charge on any atom is -0.481 e. The van der Waals surface area contributed by atoms with Gasteiger partial charge in [0.1, 0.15) is 0 Å². The number of nitrogens with zero attached hydrogens (tertiary/aromatic N) is 1. The highest BCUT2D eigenvalue weighted by molar-refractivity contribution is 6.33. The minimum absolute atomic E-state index is 0.0533. The van der Waals surface area contributed by atoms with Crippen LogP contribution < -0.4 is 0 Å². The number of carboxylic acid groups (broad SMARTS) is 1. The first-order chi connectivity index (χ1) is 9.56. The summed E-state index contributed by atoms with van der Waals surface area (Å²) in [6, 6.07) is 6.84. The Balaban J connectivity index is 2.77. The molecule has 1 aromatic rings. The summed E-state index contributed by atoms with van der Waals surface area (Å²) in [5.41, 5.74) is 0.427. The quantitative estimate of drug-likeness (QED) is 0.748. The number of unbranched alkanes of at least 4 members (excludes halogenated alkanes) is 2. The maximum atomic E-state index is 12.4. The van der Waals surface area contributed by atoms with Gasteiger partial charge in [0.2, 0.25) is 0 Å². The number of amides is 1. The van der Waals surface area contributed by atoms with Gasteiger partial charge in [0.05, 0.1) is 17.0 Å². The van der Waals surface area contributed by atoms with E-state index in [1.807, 2.05) is 0 Å². The molecule has 0 aliphatic heterocycles. The van der Waals surface area contributed by atoms with E-state index in [0.717, 1.165) is 19.3 Å². The van der Waals surface area contributed by atoms with Gasteiger partial charge in [-0.05, 0) is 18.6 Å². The third-order valence-electron chi connectivity index (χ3n) is 3.02. The van der Waals surface area contributed by atoms with Gasteiger partial charge in [-0.3, -0.25) is 9.59 Å². The molecular formula is C15H20ClNO3. The maximum absolute atomic E-state index is 12.4. The van der Waals surface area contributed by atoms with Crippen LogP contribution in [0, 0.1) is 0 Å². The fourth-order valence-electron chi connectivity index (χ4n) is 1.90. The predicted octanol–water partition coefficient (Wildman–Crippen LogP) is 3.45. The largest absolute Gasteiger partial charge is 0.481 e. The van der Waals surface area contributed by atoms with Crippen molar-refractivity contribution < 1.29 is 14.7 Å². The molecule has 0 bridgehead atoms. The van der Waals surface area contributed by atoms with Crippen LogP contribution in [0.2, 0.25) is 5.02 Å². The van der Waals surface area contributed by atoms with Gasteiger partial charge in [-0.15, -0.1) is 0 Å². The Bertz CT molecular complexity index is 462. The molecular weight excluding hydrogens is 278 g/mol. The van der Waals surface area contributed by atoms with Gasteiger partial charge in [-0.1, -0.05) is 43.5 Å². The first-order valence-electron chi connectivity index (χ1n) is 6.81. The van der Waals surface area contributed by atoms with Crippen LogP contribution in [-0.2, 0) is 4.79 Å². The van der Waals surface area contributed by atoms with Crippen molar-refractivity contribution in [3.05, 3.63) is 34.9 Å². The molecule has 0 radical (unpaired) electrons. The lowest BCUT2D eigenvalue weighted by Crippen LogP contribution is -2.34. The van der Waals surface area contributed by atoms with Crippen molar-refractivity contribution >= 4 is 23.5 Å².